The first-order valence-corrected chi connectivity index (χ1v) is 11.1. The van der Waals surface area contributed by atoms with Crippen LogP contribution < -0.4 is 5.32 Å². The summed E-state index contributed by atoms with van der Waals surface area (Å²) >= 11 is 0. The first-order valence-electron chi connectivity index (χ1n) is 11.1. The number of aromatic nitrogens is 2. The van der Waals surface area contributed by atoms with Crippen LogP contribution in [0, 0.1) is 10.1 Å². The molecule has 0 bridgehead atoms. The fourth-order valence-corrected chi connectivity index (χ4v) is 4.11. The zero-order valence-electron chi connectivity index (χ0n) is 18.2. The molecule has 0 radical (unpaired) electrons. The van der Waals surface area contributed by atoms with Gasteiger partial charge in [-0.3, -0.25) is 19.9 Å². The lowest BCUT2D eigenvalue weighted by Gasteiger charge is -2.17. The number of fused-ring (bicyclic) bond motifs is 1. The van der Waals surface area contributed by atoms with Crippen LogP contribution in [0.3, 0.4) is 0 Å². The fourth-order valence-electron chi connectivity index (χ4n) is 4.11. The molecule has 7 heteroatoms. The summed E-state index contributed by atoms with van der Waals surface area (Å²) in [6.45, 7) is 0.514. The Hall–Kier alpha value is -4.00. The van der Waals surface area contributed by atoms with Gasteiger partial charge in [-0.15, -0.1) is 0 Å². The van der Waals surface area contributed by atoms with Crippen LogP contribution >= 0.6 is 0 Å². The van der Waals surface area contributed by atoms with Gasteiger partial charge in [0.05, 0.1) is 4.92 Å². The number of nitrogens with zero attached hydrogens (tertiary/aromatic N) is 2. The molecule has 4 aromatic rings. The van der Waals surface area contributed by atoms with E-state index in [0.717, 1.165) is 35.0 Å². The Kier molecular flexibility index (Phi) is 7.09. The molecule has 0 spiro atoms. The molecule has 0 saturated carbocycles. The van der Waals surface area contributed by atoms with E-state index in [4.69, 9.17) is 0 Å². The molecular formula is C26H26N4O3. The maximum absolute atomic E-state index is 12.8. The van der Waals surface area contributed by atoms with Gasteiger partial charge in [0, 0.05) is 60.5 Å². The predicted octanol–water partition coefficient (Wildman–Crippen LogP) is 4.94. The minimum Gasteiger partial charge on any atom is -0.361 e. The van der Waals surface area contributed by atoms with Crippen molar-refractivity contribution in [2.24, 2.45) is 0 Å². The molecule has 33 heavy (non-hydrogen) atoms. The molecule has 1 unspecified atom stereocenters. The van der Waals surface area contributed by atoms with Gasteiger partial charge in [0.1, 0.15) is 0 Å². The van der Waals surface area contributed by atoms with E-state index in [2.05, 4.69) is 27.4 Å². The third-order valence-electron chi connectivity index (χ3n) is 5.83. The maximum atomic E-state index is 12.8. The van der Waals surface area contributed by atoms with Crippen LogP contribution in [0.2, 0.25) is 0 Å². The van der Waals surface area contributed by atoms with Gasteiger partial charge in [-0.1, -0.05) is 36.4 Å². The van der Waals surface area contributed by atoms with E-state index in [0.29, 0.717) is 19.4 Å². The summed E-state index contributed by atoms with van der Waals surface area (Å²) in [7, 11) is 0. The van der Waals surface area contributed by atoms with Crippen molar-refractivity contribution >= 4 is 22.5 Å². The Bertz CT molecular complexity index is 1220. The van der Waals surface area contributed by atoms with Crippen LogP contribution in [0.5, 0.6) is 0 Å². The third-order valence-corrected chi connectivity index (χ3v) is 5.83. The highest BCUT2D eigenvalue weighted by Crippen LogP contribution is 2.33. The first-order chi connectivity index (χ1) is 16.1. The molecular weight excluding hydrogens is 416 g/mol. The molecule has 0 saturated heterocycles. The van der Waals surface area contributed by atoms with Gasteiger partial charge in [0.15, 0.2) is 0 Å². The van der Waals surface area contributed by atoms with Crippen molar-refractivity contribution in [2.75, 3.05) is 6.54 Å². The summed E-state index contributed by atoms with van der Waals surface area (Å²) < 4.78 is 0. The third kappa shape index (κ3) is 5.83. The molecule has 0 aliphatic rings. The Labute approximate surface area is 192 Å². The number of carbonyl (C=O) groups excluding carboxylic acids is 1. The number of rotatable bonds is 10. The van der Waals surface area contributed by atoms with Crippen molar-refractivity contribution in [3.63, 3.8) is 0 Å². The minimum absolute atomic E-state index is 0.0382. The van der Waals surface area contributed by atoms with Gasteiger partial charge in [0.25, 0.3) is 5.69 Å². The molecule has 1 amide bonds. The van der Waals surface area contributed by atoms with Crippen LogP contribution in [0.1, 0.15) is 35.6 Å². The molecule has 2 aromatic heterocycles. The zero-order chi connectivity index (χ0) is 23.0. The van der Waals surface area contributed by atoms with Crippen molar-refractivity contribution in [3.8, 4) is 0 Å². The number of nitro groups is 1. The molecule has 168 valence electrons. The summed E-state index contributed by atoms with van der Waals surface area (Å²) in [6, 6.07) is 20.7. The van der Waals surface area contributed by atoms with Crippen molar-refractivity contribution in [1.82, 2.24) is 15.3 Å². The quantitative estimate of drug-likeness (QED) is 0.268. The number of hydrogen-bond donors (Lipinski definition) is 2. The van der Waals surface area contributed by atoms with E-state index >= 15 is 0 Å². The summed E-state index contributed by atoms with van der Waals surface area (Å²) in [6.07, 6.45) is 6.17. The summed E-state index contributed by atoms with van der Waals surface area (Å²) in [4.78, 5) is 31.2. The highest BCUT2D eigenvalue weighted by molar-refractivity contribution is 5.87. The number of amides is 1. The highest BCUT2D eigenvalue weighted by atomic mass is 16.6. The fraction of sp³-hybridized carbons (Fsp3) is 0.231. The summed E-state index contributed by atoms with van der Waals surface area (Å²) in [5.41, 5.74) is 3.94. The lowest BCUT2D eigenvalue weighted by molar-refractivity contribution is -0.384. The number of benzene rings is 2. The number of H-pyrrole nitrogens is 1. The predicted molar refractivity (Wildman–Crippen MR) is 128 cm³/mol. The number of nitrogens with one attached hydrogen (secondary N) is 2. The molecule has 1 atom stereocenters. The second kappa shape index (κ2) is 10.5. The molecule has 0 aliphatic heterocycles. The van der Waals surface area contributed by atoms with Crippen LogP contribution in [0.4, 0.5) is 5.69 Å². The van der Waals surface area contributed by atoms with Gasteiger partial charge in [-0.25, -0.2) is 0 Å². The van der Waals surface area contributed by atoms with Crippen molar-refractivity contribution in [1.29, 1.82) is 0 Å². The Morgan fingerprint density at radius 2 is 1.88 bits per heavy atom. The van der Waals surface area contributed by atoms with Gasteiger partial charge in [-0.2, -0.15) is 0 Å². The molecule has 0 aliphatic carbocycles. The maximum Gasteiger partial charge on any atom is 0.270 e. The number of carbonyl (C=O) groups is 1. The van der Waals surface area contributed by atoms with Crippen molar-refractivity contribution in [2.45, 2.75) is 31.6 Å². The number of non-ortho nitro benzene ring substituents is 1. The second-order valence-corrected chi connectivity index (χ2v) is 8.08. The van der Waals surface area contributed by atoms with E-state index in [1.54, 1.807) is 18.3 Å². The number of hydrogen-bond acceptors (Lipinski definition) is 4. The molecule has 2 heterocycles. The largest absolute Gasteiger partial charge is 0.361 e. The Balaban J connectivity index is 1.50. The topological polar surface area (TPSA) is 101 Å². The molecule has 0 fully saturated rings. The normalized spacial score (nSPS) is 11.9. The van der Waals surface area contributed by atoms with Gasteiger partial charge in [-0.05, 0) is 48.1 Å². The van der Waals surface area contributed by atoms with E-state index < -0.39 is 0 Å². The van der Waals surface area contributed by atoms with Crippen LogP contribution in [-0.2, 0) is 17.6 Å². The van der Waals surface area contributed by atoms with Crippen molar-refractivity contribution < 1.29 is 9.72 Å². The monoisotopic (exact) mass is 442 g/mol. The van der Waals surface area contributed by atoms with Crippen LogP contribution in [0.15, 0.2) is 79.1 Å². The number of aryl methyl sites for hydroxylation is 1. The smallest absolute Gasteiger partial charge is 0.270 e. The Morgan fingerprint density at radius 3 is 2.64 bits per heavy atom. The lowest BCUT2D eigenvalue weighted by atomic mass is 9.89. The molecule has 4 rings (SSSR count). The van der Waals surface area contributed by atoms with E-state index in [1.165, 1.54) is 11.6 Å². The van der Waals surface area contributed by atoms with Gasteiger partial charge in [0.2, 0.25) is 5.91 Å². The molecule has 2 aromatic carbocycles. The highest BCUT2D eigenvalue weighted by Gasteiger charge is 2.21. The van der Waals surface area contributed by atoms with Crippen LogP contribution in [-0.4, -0.2) is 27.3 Å². The second-order valence-electron chi connectivity index (χ2n) is 8.08. The van der Waals surface area contributed by atoms with E-state index in [9.17, 15) is 14.9 Å². The SMILES string of the molecule is O=C(CC(CCc1ccccc1)c1c[nH]c2ccc([N+](=O)[O-])cc12)NCCc1ccccn1. The minimum atomic E-state index is -0.389. The summed E-state index contributed by atoms with van der Waals surface area (Å²) in [5, 5.41) is 15.1. The van der Waals surface area contributed by atoms with E-state index in [-0.39, 0.29) is 22.4 Å². The van der Waals surface area contributed by atoms with E-state index in [1.807, 2.05) is 42.6 Å². The number of nitro benzene ring substituents is 1. The number of pyridine rings is 1. The first kappa shape index (κ1) is 22.2. The Morgan fingerprint density at radius 1 is 1.06 bits per heavy atom. The number of aromatic amines is 1. The van der Waals surface area contributed by atoms with Gasteiger partial charge < -0.3 is 10.3 Å². The molecule has 7 nitrogen and oxygen atoms in total. The molecule has 2 N–H and O–H groups in total. The standard InChI is InChI=1S/C26H26N4O3/c31-26(28-15-13-21-8-4-5-14-27-21)16-20(10-9-19-6-2-1-3-7-19)24-18-29-25-12-11-22(30(32)33)17-23(24)25/h1-8,11-12,14,17-18,20,29H,9-10,13,15-16H2,(H,28,31). The van der Waals surface area contributed by atoms with Crippen molar-refractivity contribution in [3.05, 3.63) is 106 Å². The van der Waals surface area contributed by atoms with Gasteiger partial charge >= 0.3 is 0 Å². The van der Waals surface area contributed by atoms with Crippen LogP contribution in [0.25, 0.3) is 10.9 Å². The summed E-state index contributed by atoms with van der Waals surface area (Å²) in [5.74, 6) is -0.111. The average Bonchev–Trinajstić information content (AvgIpc) is 3.26. The zero-order valence-corrected chi connectivity index (χ0v) is 18.2. The lowest BCUT2D eigenvalue weighted by Crippen LogP contribution is -2.27. The average molecular weight is 443 g/mol.